The molecule has 9 heteroatoms. The molecule has 0 aromatic heterocycles. The van der Waals surface area contributed by atoms with Crippen molar-refractivity contribution in [2.24, 2.45) is 5.73 Å². The number of hydrogen-bond donors (Lipinski definition) is 1. The van der Waals surface area contributed by atoms with E-state index >= 15 is 0 Å². The van der Waals surface area contributed by atoms with Gasteiger partial charge in [0.25, 0.3) is 0 Å². The predicted molar refractivity (Wildman–Crippen MR) is 106 cm³/mol. The Labute approximate surface area is 133 Å². The van der Waals surface area contributed by atoms with E-state index in [1.807, 2.05) is 33.9 Å². The first kappa shape index (κ1) is 19.9. The number of ether oxygens (including phenoxy) is 1. The molecule has 0 radical (unpaired) electrons. The Morgan fingerprint density at radius 3 is 2.43 bits per heavy atom. The molecule has 2 N–H and O–H groups in total. The van der Waals surface area contributed by atoms with Crippen LogP contribution >= 0.6 is 0 Å². The first-order valence-corrected chi connectivity index (χ1v) is 7.44. The molecule has 1 atom stereocenters. The van der Waals surface area contributed by atoms with Crippen molar-refractivity contribution in [1.29, 1.82) is 0 Å². The molecule has 0 saturated carbocycles. The predicted octanol–water partition coefficient (Wildman–Crippen LogP) is -2.94. The number of carbonyl (C=O) groups is 1. The molecule has 1 unspecified atom stereocenters. The molecular weight excluding hydrogens is 255 g/mol. The zero-order chi connectivity index (χ0) is 16.3. The molecule has 0 spiro atoms. The Bertz CT molecular complexity index is 420. The van der Waals surface area contributed by atoms with Crippen molar-refractivity contribution in [1.82, 2.24) is 0 Å². The number of nitrogens with two attached hydrogens (primary N) is 1. The largest absolute Gasteiger partial charge is 0.369 e. The molecule has 0 bridgehead atoms. The summed E-state index contributed by atoms with van der Waals surface area (Å²) >= 11 is 0. The van der Waals surface area contributed by atoms with Crippen molar-refractivity contribution in [3.05, 3.63) is 49.0 Å². The van der Waals surface area contributed by atoms with E-state index in [2.05, 4.69) is 13.2 Å². The second kappa shape index (κ2) is 10.6. The number of carbonyl (C=O) groups excluding carboxylic acids is 1. The molecule has 0 heterocycles. The summed E-state index contributed by atoms with van der Waals surface area (Å²) in [6, 6.07) is 0. The van der Waals surface area contributed by atoms with Crippen molar-refractivity contribution < 1.29 is 9.53 Å². The van der Waals surface area contributed by atoms with Crippen molar-refractivity contribution in [2.75, 3.05) is 0 Å². The monoisotopic (exact) mass is 279 g/mol. The van der Waals surface area contributed by atoms with Gasteiger partial charge in [0.15, 0.2) is 12.9 Å². The maximum atomic E-state index is 12.0. The van der Waals surface area contributed by atoms with Crippen LogP contribution in [-0.2, 0) is 9.53 Å². The van der Waals surface area contributed by atoms with Gasteiger partial charge in [0.1, 0.15) is 28.5 Å². The van der Waals surface area contributed by atoms with Gasteiger partial charge in [-0.05, 0) is 12.8 Å². The fourth-order valence-electron chi connectivity index (χ4n) is 1.98. The van der Waals surface area contributed by atoms with Gasteiger partial charge in [-0.3, -0.25) is 5.73 Å². The Kier molecular flexibility index (Phi) is 10.1. The lowest BCUT2D eigenvalue weighted by Gasteiger charge is -2.26. The lowest BCUT2D eigenvalue weighted by molar-refractivity contribution is -0.132. The molecule has 0 saturated heterocycles. The highest BCUT2D eigenvalue weighted by Gasteiger charge is 2.29. The fourth-order valence-corrected chi connectivity index (χ4v) is 1.98. The molecule has 0 aromatic rings. The van der Waals surface area contributed by atoms with E-state index in [1.54, 1.807) is 19.1 Å². The second-order valence-electron chi connectivity index (χ2n) is 5.48. The van der Waals surface area contributed by atoms with E-state index < -0.39 is 5.72 Å². The maximum absolute atomic E-state index is 12.0. The Morgan fingerprint density at radius 1 is 1.29 bits per heavy atom. The van der Waals surface area contributed by atoms with Gasteiger partial charge in [0, 0.05) is 0 Å². The van der Waals surface area contributed by atoms with Crippen LogP contribution in [0.3, 0.4) is 0 Å². The van der Waals surface area contributed by atoms with Gasteiger partial charge in [-0.15, -0.1) is 0 Å². The number of allylic oxidation sites excluding steroid dienone is 6. The lowest BCUT2D eigenvalue weighted by atomic mass is 9.06. The van der Waals surface area contributed by atoms with Crippen LogP contribution in [0.4, 0.5) is 0 Å². The molecule has 0 fully saturated rings. The normalized spacial score (nSPS) is 14.3. The van der Waals surface area contributed by atoms with Crippen molar-refractivity contribution in [3.8, 4) is 0 Å². The van der Waals surface area contributed by atoms with Gasteiger partial charge in [0.2, 0.25) is 0 Å². The van der Waals surface area contributed by atoms with Crippen LogP contribution in [0.25, 0.3) is 0 Å². The summed E-state index contributed by atoms with van der Waals surface area (Å²) in [5.74, 6) is -0.0601. The van der Waals surface area contributed by atoms with Crippen LogP contribution in [0, 0.1) is 0 Å². The minimum absolute atomic E-state index is 0.0490. The van der Waals surface area contributed by atoms with Gasteiger partial charge in [-0.25, -0.2) is 0 Å². The molecular formula is C12H23B6NO2. The molecule has 0 aliphatic heterocycles. The molecule has 0 amide bonds. The van der Waals surface area contributed by atoms with Crippen LogP contribution in [-0.4, -0.2) is 61.5 Å². The maximum Gasteiger partial charge on any atom is 0.167 e. The molecule has 0 aromatic carbocycles. The summed E-state index contributed by atoms with van der Waals surface area (Å²) in [6.07, 6.45) is 9.38. The van der Waals surface area contributed by atoms with Crippen molar-refractivity contribution in [2.45, 2.75) is 18.6 Å². The molecule has 0 aliphatic rings. The van der Waals surface area contributed by atoms with Crippen LogP contribution in [0.2, 0.25) is 0 Å². The summed E-state index contributed by atoms with van der Waals surface area (Å²) in [5, 5.41) is 0. The first-order valence-electron chi connectivity index (χ1n) is 7.44. The van der Waals surface area contributed by atoms with Gasteiger partial charge < -0.3 is 9.53 Å². The van der Waals surface area contributed by atoms with Crippen molar-refractivity contribution >= 4 is 49.8 Å². The Hall–Kier alpha value is -1.06. The van der Waals surface area contributed by atoms with Gasteiger partial charge in [-0.2, -0.15) is 0 Å². The fraction of sp³-hybridized carbons (Fsp3) is 0.250. The van der Waals surface area contributed by atoms with Crippen LogP contribution < -0.4 is 5.73 Å². The SMILES string of the molecule is BC(B)OC(C)(N)C(=O)BBBBC(/C=C\C=C)=C/C=C. The topological polar surface area (TPSA) is 52.3 Å². The zero-order valence-corrected chi connectivity index (χ0v) is 13.6. The highest BCUT2D eigenvalue weighted by atomic mass is 16.5. The third-order valence-electron chi connectivity index (χ3n) is 2.93. The average Bonchev–Trinajstić information content (AvgIpc) is 2.38. The highest BCUT2D eigenvalue weighted by molar-refractivity contribution is 7.49. The van der Waals surface area contributed by atoms with E-state index in [1.165, 1.54) is 5.47 Å². The quantitative estimate of drug-likeness (QED) is 0.190. The Morgan fingerprint density at radius 2 is 1.90 bits per heavy atom. The molecule has 21 heavy (non-hydrogen) atoms. The number of hydrogen-bond acceptors (Lipinski definition) is 3. The van der Waals surface area contributed by atoms with Crippen LogP contribution in [0.1, 0.15) is 6.92 Å². The Balaban J connectivity index is 4.22. The second-order valence-corrected chi connectivity index (χ2v) is 5.48. The minimum Gasteiger partial charge on any atom is -0.369 e. The third-order valence-corrected chi connectivity index (χ3v) is 2.93. The summed E-state index contributed by atoms with van der Waals surface area (Å²) in [7, 11) is 6.80. The van der Waals surface area contributed by atoms with E-state index in [-0.39, 0.29) is 11.6 Å². The minimum atomic E-state index is -1.18. The third kappa shape index (κ3) is 9.48. The molecule has 0 aliphatic carbocycles. The average molecular weight is 278 g/mol. The van der Waals surface area contributed by atoms with Gasteiger partial charge in [0.05, 0.1) is 14.1 Å². The lowest BCUT2D eigenvalue weighted by Crippen LogP contribution is -2.53. The van der Waals surface area contributed by atoms with Gasteiger partial charge >= 0.3 is 0 Å². The number of rotatable bonds is 11. The van der Waals surface area contributed by atoms with Crippen LogP contribution in [0.15, 0.2) is 49.0 Å². The van der Waals surface area contributed by atoms with Crippen molar-refractivity contribution in [3.63, 3.8) is 0 Å². The molecule has 3 nitrogen and oxygen atoms in total. The summed E-state index contributed by atoms with van der Waals surface area (Å²) < 4.78 is 5.45. The van der Waals surface area contributed by atoms with Gasteiger partial charge in [-0.1, -0.05) is 49.0 Å². The van der Waals surface area contributed by atoms with E-state index in [0.29, 0.717) is 7.17 Å². The van der Waals surface area contributed by atoms with E-state index in [9.17, 15) is 4.79 Å². The zero-order valence-electron chi connectivity index (χ0n) is 13.6. The molecule has 106 valence electrons. The standard InChI is InChI=1S/C12H23B6NO2/c1-4-6-8-9(7-5-2)15-17-18-16-10(20)12(3,19)21-11(13)14/h4-8,11,15-18H,1-2,13-14,19H2,3H3/b8-6-,9-7+. The van der Waals surface area contributed by atoms with E-state index in [4.69, 9.17) is 10.5 Å². The summed E-state index contributed by atoms with van der Waals surface area (Å²) in [5.41, 5.74) is 5.84. The smallest absolute Gasteiger partial charge is 0.167 e. The highest BCUT2D eigenvalue weighted by Crippen LogP contribution is 2.04. The summed E-state index contributed by atoms with van der Waals surface area (Å²) in [6.45, 7) is 8.98. The van der Waals surface area contributed by atoms with Crippen LogP contribution in [0.5, 0.6) is 0 Å². The van der Waals surface area contributed by atoms with E-state index in [0.717, 1.165) is 21.3 Å². The first-order chi connectivity index (χ1) is 9.83. The molecule has 0 rings (SSSR count). The summed E-state index contributed by atoms with van der Waals surface area (Å²) in [4.78, 5) is 12.0.